The normalized spacial score (nSPS) is 15.5. The number of rotatable bonds is 4. The van der Waals surface area contributed by atoms with Crippen molar-refractivity contribution in [2.45, 2.75) is 19.4 Å². The number of carbonyl (C=O) groups excluding carboxylic acids is 1. The minimum absolute atomic E-state index is 0.0482. The summed E-state index contributed by atoms with van der Waals surface area (Å²) in [6.45, 7) is 2.01. The van der Waals surface area contributed by atoms with Crippen LogP contribution in [0.15, 0.2) is 77.9 Å². The maximum absolute atomic E-state index is 14.5. The summed E-state index contributed by atoms with van der Waals surface area (Å²) in [5, 5.41) is 7.03. The summed E-state index contributed by atoms with van der Waals surface area (Å²) in [5.74, 6) is -0.530. The van der Waals surface area contributed by atoms with Crippen LogP contribution in [0.1, 0.15) is 39.5 Å². The van der Waals surface area contributed by atoms with Crippen molar-refractivity contribution in [3.63, 3.8) is 0 Å². The Balaban J connectivity index is 1.62. The molecule has 0 radical (unpaired) electrons. The van der Waals surface area contributed by atoms with Crippen LogP contribution in [0.5, 0.6) is 5.75 Å². The number of pyridine rings is 1. The third kappa shape index (κ3) is 3.90. The van der Waals surface area contributed by atoms with Gasteiger partial charge < -0.3 is 4.74 Å². The summed E-state index contributed by atoms with van der Waals surface area (Å²) in [6, 6.07) is 20.8. The van der Waals surface area contributed by atoms with Gasteiger partial charge in [-0.15, -0.1) is 0 Å². The Kier molecular flexibility index (Phi) is 5.75. The summed E-state index contributed by atoms with van der Waals surface area (Å²) in [6.07, 6.45) is 0.417. The maximum Gasteiger partial charge on any atom is 0.277 e. The number of hydrazone groups is 1. The average molecular weight is 474 g/mol. The molecule has 0 aliphatic carbocycles. The second-order valence-corrected chi connectivity index (χ2v) is 8.52. The molecule has 170 valence electrons. The van der Waals surface area contributed by atoms with E-state index in [0.29, 0.717) is 23.3 Å². The van der Waals surface area contributed by atoms with Crippen molar-refractivity contribution in [1.82, 2.24) is 9.99 Å². The van der Waals surface area contributed by atoms with Gasteiger partial charge in [-0.2, -0.15) is 5.10 Å². The van der Waals surface area contributed by atoms with E-state index in [1.165, 1.54) is 17.1 Å². The molecule has 1 aliphatic heterocycles. The van der Waals surface area contributed by atoms with E-state index in [-0.39, 0.29) is 10.7 Å². The van der Waals surface area contributed by atoms with Crippen LogP contribution in [0.4, 0.5) is 4.39 Å². The summed E-state index contributed by atoms with van der Waals surface area (Å²) in [5.41, 5.74) is 3.95. The van der Waals surface area contributed by atoms with Gasteiger partial charge in [0.15, 0.2) is 0 Å². The lowest BCUT2D eigenvalue weighted by molar-refractivity contribution is 0.0706. The minimum atomic E-state index is -0.599. The summed E-state index contributed by atoms with van der Waals surface area (Å²) < 4.78 is 19.9. The fourth-order valence-corrected chi connectivity index (χ4v) is 4.45. The van der Waals surface area contributed by atoms with Crippen molar-refractivity contribution in [1.29, 1.82) is 0 Å². The van der Waals surface area contributed by atoms with Crippen molar-refractivity contribution >= 4 is 34.1 Å². The highest BCUT2D eigenvalue weighted by molar-refractivity contribution is 6.30. The van der Waals surface area contributed by atoms with Crippen molar-refractivity contribution in [2.75, 3.05) is 7.11 Å². The first kappa shape index (κ1) is 22.0. The molecule has 2 heterocycles. The number of amides is 1. The van der Waals surface area contributed by atoms with E-state index < -0.39 is 17.8 Å². The number of methoxy groups -OCH3 is 1. The molecule has 3 aromatic carbocycles. The number of ether oxygens (including phenoxy) is 1. The number of nitrogens with zero attached hydrogens (tertiary/aromatic N) is 3. The van der Waals surface area contributed by atoms with E-state index in [2.05, 4.69) is 10.1 Å². The molecule has 0 spiro atoms. The lowest BCUT2D eigenvalue weighted by Crippen LogP contribution is -2.28. The molecule has 0 unspecified atom stereocenters. The van der Waals surface area contributed by atoms with Gasteiger partial charge in [0.25, 0.3) is 5.91 Å². The third-order valence-corrected chi connectivity index (χ3v) is 6.28. The van der Waals surface area contributed by atoms with Crippen molar-refractivity contribution in [2.24, 2.45) is 5.10 Å². The number of aryl methyl sites for hydroxylation is 1. The van der Waals surface area contributed by atoms with Crippen LogP contribution in [-0.4, -0.2) is 28.7 Å². The first-order valence-electron chi connectivity index (χ1n) is 10.8. The fourth-order valence-electron chi connectivity index (χ4n) is 4.18. The van der Waals surface area contributed by atoms with Gasteiger partial charge in [0.05, 0.1) is 24.4 Å². The molecule has 1 aliphatic rings. The summed E-state index contributed by atoms with van der Waals surface area (Å²) in [4.78, 5) is 18.0. The Labute approximate surface area is 201 Å². The Bertz CT molecular complexity index is 1440. The van der Waals surface area contributed by atoms with E-state index in [9.17, 15) is 9.18 Å². The van der Waals surface area contributed by atoms with Gasteiger partial charge in [0, 0.05) is 17.4 Å². The number of benzene rings is 3. The quantitative estimate of drug-likeness (QED) is 0.325. The Morgan fingerprint density at radius 1 is 1.09 bits per heavy atom. The topological polar surface area (TPSA) is 54.8 Å². The largest absolute Gasteiger partial charge is 0.494 e. The van der Waals surface area contributed by atoms with Crippen LogP contribution in [-0.2, 0) is 0 Å². The first-order valence-corrected chi connectivity index (χ1v) is 11.2. The fraction of sp³-hybridized carbons (Fsp3) is 0.148. The van der Waals surface area contributed by atoms with Crippen molar-refractivity contribution in [3.8, 4) is 5.75 Å². The van der Waals surface area contributed by atoms with E-state index >= 15 is 0 Å². The number of para-hydroxylation sites is 1. The molecule has 5 rings (SSSR count). The zero-order valence-electron chi connectivity index (χ0n) is 18.6. The second kappa shape index (κ2) is 8.88. The van der Waals surface area contributed by atoms with Gasteiger partial charge in [-0.3, -0.25) is 4.79 Å². The molecule has 34 heavy (non-hydrogen) atoms. The first-order chi connectivity index (χ1) is 16.5. The molecule has 1 amide bonds. The Morgan fingerprint density at radius 3 is 2.59 bits per heavy atom. The lowest BCUT2D eigenvalue weighted by atomic mass is 9.97. The van der Waals surface area contributed by atoms with E-state index in [0.717, 1.165) is 22.2 Å². The van der Waals surface area contributed by atoms with Crippen LogP contribution < -0.4 is 4.74 Å². The average Bonchev–Trinajstić information content (AvgIpc) is 3.29. The molecular formula is C27H21ClFN3O2. The number of hydrogen-bond acceptors (Lipinski definition) is 4. The molecule has 0 bridgehead atoms. The standard InChI is InChI=1S/C27H21ClFN3O2/c1-16-10-12-17(13-11-16)22-15-23(32(31-22)27(33)19-7-3-4-8-21(19)29)20-14-18-6-5-9-24(34-2)25(18)30-26(20)28/h3-14,23H,15H2,1-2H3/t23-/m1/s1. The molecule has 1 aromatic heterocycles. The molecule has 7 heteroatoms. The van der Waals surface area contributed by atoms with Gasteiger partial charge in [0.1, 0.15) is 22.2 Å². The number of carbonyl (C=O) groups is 1. The monoisotopic (exact) mass is 473 g/mol. The highest BCUT2D eigenvalue weighted by Crippen LogP contribution is 2.39. The SMILES string of the molecule is COc1cccc2cc([C@H]3CC(c4ccc(C)cc4)=NN3C(=O)c3ccccc3F)c(Cl)nc12. The molecule has 0 N–H and O–H groups in total. The predicted molar refractivity (Wildman–Crippen MR) is 131 cm³/mol. The number of halogens is 2. The molecule has 1 atom stereocenters. The highest BCUT2D eigenvalue weighted by Gasteiger charge is 2.36. The molecule has 5 nitrogen and oxygen atoms in total. The molecule has 4 aromatic rings. The molecule has 0 saturated carbocycles. The maximum atomic E-state index is 14.5. The van der Waals surface area contributed by atoms with Crippen molar-refractivity contribution < 1.29 is 13.9 Å². The number of fused-ring (bicyclic) bond motifs is 1. The van der Waals surface area contributed by atoms with Crippen LogP contribution in [0.3, 0.4) is 0 Å². The Hall–Kier alpha value is -3.77. The summed E-state index contributed by atoms with van der Waals surface area (Å²) in [7, 11) is 1.58. The van der Waals surface area contributed by atoms with Crippen LogP contribution >= 0.6 is 11.6 Å². The smallest absolute Gasteiger partial charge is 0.277 e. The number of hydrogen-bond donors (Lipinski definition) is 0. The van der Waals surface area contributed by atoms with E-state index in [4.69, 9.17) is 16.3 Å². The van der Waals surface area contributed by atoms with Gasteiger partial charge in [-0.1, -0.05) is 65.7 Å². The van der Waals surface area contributed by atoms with Gasteiger partial charge in [0.2, 0.25) is 0 Å². The van der Waals surface area contributed by atoms with E-state index in [1.54, 1.807) is 19.2 Å². The van der Waals surface area contributed by atoms with E-state index in [1.807, 2.05) is 55.5 Å². The third-order valence-electron chi connectivity index (χ3n) is 5.98. The van der Waals surface area contributed by atoms with Crippen LogP contribution in [0, 0.1) is 12.7 Å². The predicted octanol–water partition coefficient (Wildman–Crippen LogP) is 6.34. The van der Waals surface area contributed by atoms with Gasteiger partial charge in [-0.25, -0.2) is 14.4 Å². The Morgan fingerprint density at radius 2 is 1.85 bits per heavy atom. The molecule has 0 fully saturated rings. The lowest BCUT2D eigenvalue weighted by Gasteiger charge is -2.23. The second-order valence-electron chi connectivity index (χ2n) is 8.16. The van der Waals surface area contributed by atoms with Gasteiger partial charge in [-0.05, 0) is 36.8 Å². The van der Waals surface area contributed by atoms with Crippen molar-refractivity contribution in [3.05, 3.63) is 106 Å². The summed E-state index contributed by atoms with van der Waals surface area (Å²) >= 11 is 6.64. The zero-order valence-corrected chi connectivity index (χ0v) is 19.4. The van der Waals surface area contributed by atoms with Crippen LogP contribution in [0.2, 0.25) is 5.15 Å². The molecule has 0 saturated heterocycles. The number of aromatic nitrogens is 1. The van der Waals surface area contributed by atoms with Crippen LogP contribution in [0.25, 0.3) is 10.9 Å². The zero-order chi connectivity index (χ0) is 23.8. The highest BCUT2D eigenvalue weighted by atomic mass is 35.5. The van der Waals surface area contributed by atoms with Gasteiger partial charge >= 0.3 is 0 Å². The minimum Gasteiger partial charge on any atom is -0.494 e. The molecular weight excluding hydrogens is 453 g/mol.